The highest BCUT2D eigenvalue weighted by Crippen LogP contribution is 2.31. The monoisotopic (exact) mass is 336 g/mol. The third-order valence-electron chi connectivity index (χ3n) is 5.02. The molecule has 0 bridgehead atoms. The number of halogens is 3. The summed E-state index contributed by atoms with van der Waals surface area (Å²) in [4.78, 5) is 15.7. The van der Waals surface area contributed by atoms with E-state index in [4.69, 9.17) is 0 Å². The molecule has 1 heterocycles. The number of alkyl halides is 3. The van der Waals surface area contributed by atoms with Gasteiger partial charge in [-0.25, -0.2) is 0 Å². The van der Waals surface area contributed by atoms with Gasteiger partial charge in [0, 0.05) is 39.1 Å². The second kappa shape index (κ2) is 7.38. The van der Waals surface area contributed by atoms with E-state index in [1.165, 1.54) is 12.8 Å². The minimum Gasteiger partial charge on any atom is -0.380 e. The van der Waals surface area contributed by atoms with E-state index in [1.54, 1.807) is 9.80 Å². The number of β-amino-alcohol motifs (C(OH)–C–C–N with tert-alkyl or cyclic N) is 1. The zero-order valence-electron chi connectivity index (χ0n) is 13.7. The molecule has 1 saturated heterocycles. The van der Waals surface area contributed by atoms with Gasteiger partial charge in [0.1, 0.15) is 0 Å². The predicted molar refractivity (Wildman–Crippen MR) is 80.9 cm³/mol. The van der Waals surface area contributed by atoms with Crippen LogP contribution in [0.1, 0.15) is 45.4 Å². The van der Waals surface area contributed by atoms with E-state index in [-0.39, 0.29) is 5.91 Å². The Morgan fingerprint density at radius 1 is 1.09 bits per heavy atom. The number of rotatable bonds is 4. The van der Waals surface area contributed by atoms with Crippen LogP contribution in [-0.2, 0) is 4.79 Å². The first kappa shape index (κ1) is 18.5. The Morgan fingerprint density at radius 2 is 1.74 bits per heavy atom. The lowest BCUT2D eigenvalue weighted by Gasteiger charge is -2.32. The van der Waals surface area contributed by atoms with Crippen LogP contribution >= 0.6 is 0 Å². The highest BCUT2D eigenvalue weighted by molar-refractivity contribution is 5.76. The fourth-order valence-electron chi connectivity index (χ4n) is 3.49. The molecule has 2 aliphatic rings. The number of hydrogen-bond acceptors (Lipinski definition) is 3. The highest BCUT2D eigenvalue weighted by atomic mass is 19.4. The topological polar surface area (TPSA) is 43.8 Å². The van der Waals surface area contributed by atoms with Gasteiger partial charge in [0.05, 0.1) is 0 Å². The van der Waals surface area contributed by atoms with E-state index in [0.29, 0.717) is 44.9 Å². The van der Waals surface area contributed by atoms with Gasteiger partial charge in [-0.1, -0.05) is 12.8 Å². The van der Waals surface area contributed by atoms with E-state index in [2.05, 4.69) is 0 Å². The molecule has 0 aromatic rings. The molecule has 4 nitrogen and oxygen atoms in total. The van der Waals surface area contributed by atoms with Crippen LogP contribution in [0.5, 0.6) is 0 Å². The molecule has 1 atom stereocenters. The fourth-order valence-corrected chi connectivity index (χ4v) is 3.49. The van der Waals surface area contributed by atoms with Crippen molar-refractivity contribution in [3.8, 4) is 0 Å². The Balaban J connectivity index is 1.83. The van der Waals surface area contributed by atoms with Crippen molar-refractivity contribution in [1.82, 2.24) is 9.80 Å². The maximum atomic E-state index is 12.8. The third-order valence-corrected chi connectivity index (χ3v) is 5.02. The summed E-state index contributed by atoms with van der Waals surface area (Å²) < 4.78 is 38.3. The fraction of sp³-hybridized carbons (Fsp3) is 0.938. The van der Waals surface area contributed by atoms with E-state index in [9.17, 15) is 23.1 Å². The Kier molecular flexibility index (Phi) is 5.94. The summed E-state index contributed by atoms with van der Waals surface area (Å²) in [6.45, 7) is 2.25. The maximum absolute atomic E-state index is 12.8. The van der Waals surface area contributed by atoms with Gasteiger partial charge in [0.2, 0.25) is 5.91 Å². The van der Waals surface area contributed by atoms with Crippen LogP contribution in [-0.4, -0.2) is 65.3 Å². The molecule has 0 aromatic carbocycles. The number of carbonyl (C=O) groups is 1. The van der Waals surface area contributed by atoms with Crippen LogP contribution in [0.25, 0.3) is 0 Å². The minimum atomic E-state index is -4.64. The summed E-state index contributed by atoms with van der Waals surface area (Å²) in [5.74, 6) is 0.606. The predicted octanol–water partition coefficient (Wildman–Crippen LogP) is 2.41. The first-order chi connectivity index (χ1) is 10.7. The van der Waals surface area contributed by atoms with Crippen molar-refractivity contribution in [2.45, 2.75) is 57.2 Å². The van der Waals surface area contributed by atoms with Crippen molar-refractivity contribution in [2.75, 3.05) is 32.7 Å². The van der Waals surface area contributed by atoms with Crippen molar-refractivity contribution >= 4 is 5.91 Å². The molecule has 0 radical (unpaired) electrons. The summed E-state index contributed by atoms with van der Waals surface area (Å²) in [6.07, 6.45) is 1.18. The van der Waals surface area contributed by atoms with Crippen LogP contribution in [0.15, 0.2) is 0 Å². The lowest BCUT2D eigenvalue weighted by molar-refractivity contribution is -0.257. The summed E-state index contributed by atoms with van der Waals surface area (Å²) >= 11 is 0. The Morgan fingerprint density at radius 3 is 2.35 bits per heavy atom. The van der Waals surface area contributed by atoms with Crippen molar-refractivity contribution < 1.29 is 23.1 Å². The molecule has 134 valence electrons. The first-order valence-electron chi connectivity index (χ1n) is 8.48. The molecule has 1 aliphatic heterocycles. The molecule has 1 N–H and O–H groups in total. The van der Waals surface area contributed by atoms with Crippen molar-refractivity contribution in [1.29, 1.82) is 0 Å². The summed E-state index contributed by atoms with van der Waals surface area (Å²) in [7, 11) is 0. The lowest BCUT2D eigenvalue weighted by atomic mass is 10.0. The van der Waals surface area contributed by atoms with E-state index in [1.807, 2.05) is 0 Å². The first-order valence-corrected chi connectivity index (χ1v) is 8.48. The van der Waals surface area contributed by atoms with Crippen molar-refractivity contribution in [2.24, 2.45) is 5.92 Å². The number of amides is 1. The smallest absolute Gasteiger partial charge is 0.380 e. The molecule has 7 heteroatoms. The Labute approximate surface area is 135 Å². The maximum Gasteiger partial charge on any atom is 0.418 e. The van der Waals surface area contributed by atoms with Crippen molar-refractivity contribution in [3.63, 3.8) is 0 Å². The van der Waals surface area contributed by atoms with Crippen LogP contribution in [0, 0.1) is 5.92 Å². The molecule has 1 saturated carbocycles. The number of aliphatic hydroxyl groups is 1. The molecule has 0 unspecified atom stereocenters. The molecule has 2 fully saturated rings. The number of hydrogen-bond donors (Lipinski definition) is 1. The minimum absolute atomic E-state index is 0.126. The molecular weight excluding hydrogens is 309 g/mol. The average Bonchev–Trinajstić information content (AvgIpc) is 2.82. The molecule has 2 rings (SSSR count). The van der Waals surface area contributed by atoms with E-state index in [0.717, 1.165) is 19.8 Å². The number of nitrogens with zero attached hydrogens (tertiary/aromatic N) is 2. The van der Waals surface area contributed by atoms with Crippen LogP contribution < -0.4 is 0 Å². The van der Waals surface area contributed by atoms with Gasteiger partial charge in [0.25, 0.3) is 0 Å². The molecule has 1 amide bonds. The molecule has 0 aromatic heterocycles. The quantitative estimate of drug-likeness (QED) is 0.857. The van der Waals surface area contributed by atoms with Gasteiger partial charge < -0.3 is 10.0 Å². The average molecular weight is 336 g/mol. The largest absolute Gasteiger partial charge is 0.418 e. The van der Waals surface area contributed by atoms with Gasteiger partial charge in [-0.2, -0.15) is 13.2 Å². The Bertz CT molecular complexity index is 407. The molecule has 1 aliphatic carbocycles. The van der Waals surface area contributed by atoms with Crippen LogP contribution in [0.4, 0.5) is 13.2 Å². The highest BCUT2D eigenvalue weighted by Gasteiger charge is 2.50. The van der Waals surface area contributed by atoms with Gasteiger partial charge in [-0.3, -0.25) is 9.69 Å². The van der Waals surface area contributed by atoms with Crippen molar-refractivity contribution in [3.05, 3.63) is 0 Å². The van der Waals surface area contributed by atoms with Crippen LogP contribution in [0.3, 0.4) is 0 Å². The standard InChI is InChI=1S/C16H27F3N2O2/c1-15(23,16(17,18)19)12-20-7-4-8-21(10-9-20)14(22)11-13-5-2-3-6-13/h13,23H,2-12H2,1H3/t15-/m1/s1. The van der Waals surface area contributed by atoms with Gasteiger partial charge in [-0.05, 0) is 32.1 Å². The van der Waals surface area contributed by atoms with E-state index >= 15 is 0 Å². The van der Waals surface area contributed by atoms with Crippen LogP contribution in [0.2, 0.25) is 0 Å². The third kappa shape index (κ3) is 5.08. The second-order valence-corrected chi connectivity index (χ2v) is 7.14. The summed E-state index contributed by atoms with van der Waals surface area (Å²) in [5, 5.41) is 9.61. The van der Waals surface area contributed by atoms with Gasteiger partial charge in [-0.15, -0.1) is 0 Å². The van der Waals surface area contributed by atoms with E-state index < -0.39 is 18.3 Å². The zero-order chi connectivity index (χ0) is 17.1. The Hall–Kier alpha value is -0.820. The SMILES string of the molecule is C[C@@](O)(CN1CCCN(C(=O)CC2CCCC2)CC1)C(F)(F)F. The lowest BCUT2D eigenvalue weighted by Crippen LogP contribution is -2.52. The normalized spacial score (nSPS) is 24.5. The molecular formula is C16H27F3N2O2. The summed E-state index contributed by atoms with van der Waals surface area (Å²) in [5.41, 5.74) is -2.71. The van der Waals surface area contributed by atoms with Gasteiger partial charge in [0.15, 0.2) is 5.60 Å². The van der Waals surface area contributed by atoms with Gasteiger partial charge >= 0.3 is 6.18 Å². The second-order valence-electron chi connectivity index (χ2n) is 7.14. The molecule has 0 spiro atoms. The molecule has 23 heavy (non-hydrogen) atoms. The summed E-state index contributed by atoms with van der Waals surface area (Å²) in [6, 6.07) is 0. The zero-order valence-corrected chi connectivity index (χ0v) is 13.7. The number of carbonyl (C=O) groups excluding carboxylic acids is 1.